The summed E-state index contributed by atoms with van der Waals surface area (Å²) < 4.78 is 38.7. The molecule has 0 aromatic carbocycles. The van der Waals surface area contributed by atoms with E-state index in [1.165, 1.54) is 22.8 Å². The van der Waals surface area contributed by atoms with Crippen molar-refractivity contribution in [1.82, 2.24) is 28.8 Å². The molecule has 0 spiro atoms. The van der Waals surface area contributed by atoms with Gasteiger partial charge >= 0.3 is 5.97 Å². The molecule has 0 saturated carbocycles. The maximum absolute atomic E-state index is 12.9. The Morgan fingerprint density at radius 2 is 1.88 bits per heavy atom. The Morgan fingerprint density at radius 1 is 1.15 bits per heavy atom. The van der Waals surface area contributed by atoms with Crippen LogP contribution >= 0.6 is 0 Å². The minimum Gasteiger partial charge on any atom is -0.460 e. The average Bonchev–Trinajstić information content (AvgIpc) is 3.49. The van der Waals surface area contributed by atoms with Crippen molar-refractivity contribution in [2.24, 2.45) is 0 Å². The highest BCUT2D eigenvalue weighted by atomic mass is 32.2. The number of nitrogens with zero attached hydrogens (tertiary/aromatic N) is 6. The number of carbonyl (C=O) groups excluding carboxylic acids is 2. The van der Waals surface area contributed by atoms with Gasteiger partial charge in [0, 0.05) is 44.0 Å². The summed E-state index contributed by atoms with van der Waals surface area (Å²) in [6.07, 6.45) is 2.22. The topological polar surface area (TPSA) is 140 Å². The first-order valence-electron chi connectivity index (χ1n) is 10.9. The number of ether oxygens (including phenoxy) is 1. The zero-order valence-corrected chi connectivity index (χ0v) is 20.0. The molecule has 1 amide bonds. The number of aryl methyl sites for hydroxylation is 2. The highest BCUT2D eigenvalue weighted by Gasteiger charge is 2.33. The molecule has 0 atom stereocenters. The zero-order valence-electron chi connectivity index (χ0n) is 19.2. The van der Waals surface area contributed by atoms with Crippen LogP contribution in [0.4, 0.5) is 0 Å². The summed E-state index contributed by atoms with van der Waals surface area (Å²) in [5.41, 5.74) is 2.65. The first-order valence-corrected chi connectivity index (χ1v) is 12.4. The lowest BCUT2D eigenvalue weighted by atomic mass is 10.1. The van der Waals surface area contributed by atoms with Crippen molar-refractivity contribution in [3.8, 4) is 0 Å². The van der Waals surface area contributed by atoms with Crippen LogP contribution in [0.25, 0.3) is 5.78 Å². The molecule has 3 aromatic heterocycles. The van der Waals surface area contributed by atoms with Gasteiger partial charge in [0.1, 0.15) is 6.33 Å². The number of aromatic nitrogens is 4. The normalized spacial score (nSPS) is 15.1. The average molecular weight is 491 g/mol. The largest absolute Gasteiger partial charge is 0.460 e. The van der Waals surface area contributed by atoms with Gasteiger partial charge in [-0.15, -0.1) is 0 Å². The third-order valence-corrected chi connectivity index (χ3v) is 7.59. The fraction of sp³-hybridized carbons (Fsp3) is 0.476. The number of esters is 1. The van der Waals surface area contributed by atoms with Crippen molar-refractivity contribution in [2.45, 2.75) is 38.7 Å². The van der Waals surface area contributed by atoms with Crippen molar-refractivity contribution in [1.29, 1.82) is 0 Å². The number of piperazine rings is 1. The second kappa shape index (κ2) is 9.50. The molecular weight excluding hydrogens is 464 g/mol. The lowest BCUT2D eigenvalue weighted by Gasteiger charge is -2.33. The van der Waals surface area contributed by atoms with Crippen LogP contribution in [0.3, 0.4) is 0 Å². The third-order valence-electron chi connectivity index (χ3n) is 5.82. The molecular formula is C21H26N6O6S. The Bertz CT molecular complexity index is 1320. The summed E-state index contributed by atoms with van der Waals surface area (Å²) in [7, 11) is -3.92. The Balaban J connectivity index is 1.35. The van der Waals surface area contributed by atoms with Gasteiger partial charge in [0.2, 0.25) is 16.8 Å². The monoisotopic (exact) mass is 490 g/mol. The molecule has 1 aliphatic heterocycles. The Morgan fingerprint density at radius 3 is 2.59 bits per heavy atom. The van der Waals surface area contributed by atoms with Crippen molar-refractivity contribution in [2.75, 3.05) is 32.8 Å². The van der Waals surface area contributed by atoms with Crippen LogP contribution in [0.1, 0.15) is 40.9 Å². The van der Waals surface area contributed by atoms with Gasteiger partial charge in [-0.05, 0) is 44.9 Å². The number of hydrogen-bond acceptors (Lipinski definition) is 9. The van der Waals surface area contributed by atoms with E-state index in [0.29, 0.717) is 12.2 Å². The smallest absolute Gasteiger partial charge is 0.374 e. The molecule has 0 radical (unpaired) electrons. The lowest BCUT2D eigenvalue weighted by Crippen LogP contribution is -2.50. The number of fused-ring (bicyclic) bond motifs is 1. The molecule has 4 heterocycles. The van der Waals surface area contributed by atoms with E-state index in [-0.39, 0.29) is 56.0 Å². The fourth-order valence-corrected chi connectivity index (χ4v) is 5.32. The van der Waals surface area contributed by atoms with Gasteiger partial charge in [-0.3, -0.25) is 4.79 Å². The second-order valence-corrected chi connectivity index (χ2v) is 9.73. The number of sulfonamides is 1. The first-order chi connectivity index (χ1) is 16.2. The van der Waals surface area contributed by atoms with E-state index >= 15 is 0 Å². The van der Waals surface area contributed by atoms with Crippen LogP contribution in [0.15, 0.2) is 28.0 Å². The summed E-state index contributed by atoms with van der Waals surface area (Å²) in [5.74, 6) is -0.424. The number of amides is 1. The van der Waals surface area contributed by atoms with Crippen LogP contribution in [-0.4, -0.2) is 81.9 Å². The summed E-state index contributed by atoms with van der Waals surface area (Å²) in [6, 6.07) is 2.52. The molecule has 0 N–H and O–H groups in total. The van der Waals surface area contributed by atoms with Gasteiger partial charge in [0.15, 0.2) is 0 Å². The molecule has 4 rings (SSSR count). The molecule has 0 aliphatic carbocycles. The molecule has 34 heavy (non-hydrogen) atoms. The summed E-state index contributed by atoms with van der Waals surface area (Å²) in [6.45, 7) is 6.40. The molecule has 0 bridgehead atoms. The molecule has 0 unspecified atom stereocenters. The number of hydrogen-bond donors (Lipinski definition) is 0. The maximum atomic E-state index is 12.9. The zero-order chi connectivity index (χ0) is 24.5. The summed E-state index contributed by atoms with van der Waals surface area (Å²) in [4.78, 5) is 34.7. The van der Waals surface area contributed by atoms with E-state index in [1.54, 1.807) is 16.3 Å². The minimum atomic E-state index is -3.92. The molecule has 13 heteroatoms. The van der Waals surface area contributed by atoms with E-state index < -0.39 is 16.0 Å². The maximum Gasteiger partial charge on any atom is 0.374 e. The Labute approximate surface area is 196 Å². The quantitative estimate of drug-likeness (QED) is 0.443. The van der Waals surface area contributed by atoms with Gasteiger partial charge in [0.05, 0.1) is 6.61 Å². The van der Waals surface area contributed by atoms with Crippen LogP contribution in [-0.2, 0) is 26.0 Å². The van der Waals surface area contributed by atoms with Crippen LogP contribution in [0.2, 0.25) is 0 Å². The van der Waals surface area contributed by atoms with Crippen molar-refractivity contribution >= 4 is 27.7 Å². The van der Waals surface area contributed by atoms with E-state index in [2.05, 4.69) is 15.1 Å². The molecule has 1 aliphatic rings. The highest BCUT2D eigenvalue weighted by Crippen LogP contribution is 2.22. The Hall–Kier alpha value is -3.32. The second-order valence-electron chi connectivity index (χ2n) is 7.86. The standard InChI is InChI=1S/C21H26N6O6S/c1-4-32-20(29)17-6-8-19(33-17)34(30,31)26-11-9-25(10-12-26)18(28)7-5-16-14(2)24-21-22-13-23-27(21)15(16)3/h6,8,13H,4-5,7,9-12H2,1-3H3. The number of carbonyl (C=O) groups is 2. The van der Waals surface area contributed by atoms with E-state index in [1.807, 2.05) is 13.8 Å². The predicted octanol–water partition coefficient (Wildman–Crippen LogP) is 0.977. The van der Waals surface area contributed by atoms with E-state index in [9.17, 15) is 18.0 Å². The highest BCUT2D eigenvalue weighted by molar-refractivity contribution is 7.89. The molecule has 182 valence electrons. The van der Waals surface area contributed by atoms with Crippen LogP contribution in [0.5, 0.6) is 0 Å². The first kappa shape index (κ1) is 23.8. The van der Waals surface area contributed by atoms with Gasteiger partial charge in [-0.25, -0.2) is 22.7 Å². The summed E-state index contributed by atoms with van der Waals surface area (Å²) in [5, 5.41) is 3.84. The van der Waals surface area contributed by atoms with Gasteiger partial charge in [0.25, 0.3) is 15.8 Å². The SMILES string of the molecule is CCOC(=O)c1ccc(S(=O)(=O)N2CCN(C(=O)CCc3c(C)nc4ncnn4c3C)CC2)o1. The Kier molecular flexibility index (Phi) is 6.66. The molecule has 1 saturated heterocycles. The van der Waals surface area contributed by atoms with Crippen molar-refractivity contribution in [3.05, 3.63) is 41.2 Å². The molecule has 1 fully saturated rings. The van der Waals surface area contributed by atoms with Crippen molar-refractivity contribution < 1.29 is 27.2 Å². The van der Waals surface area contributed by atoms with Gasteiger partial charge in [-0.1, -0.05) is 0 Å². The van der Waals surface area contributed by atoms with E-state index in [4.69, 9.17) is 9.15 Å². The van der Waals surface area contributed by atoms with E-state index in [0.717, 1.165) is 17.0 Å². The minimum absolute atomic E-state index is 0.0582. The predicted molar refractivity (Wildman–Crippen MR) is 119 cm³/mol. The lowest BCUT2D eigenvalue weighted by molar-refractivity contribution is -0.132. The van der Waals surface area contributed by atoms with Crippen LogP contribution < -0.4 is 0 Å². The van der Waals surface area contributed by atoms with Gasteiger partial charge in [-0.2, -0.15) is 14.4 Å². The summed E-state index contributed by atoms with van der Waals surface area (Å²) >= 11 is 0. The fourth-order valence-electron chi connectivity index (χ4n) is 3.98. The van der Waals surface area contributed by atoms with Gasteiger partial charge < -0.3 is 14.1 Å². The van der Waals surface area contributed by atoms with Crippen molar-refractivity contribution in [3.63, 3.8) is 0 Å². The van der Waals surface area contributed by atoms with Crippen LogP contribution in [0, 0.1) is 13.8 Å². The number of furan rings is 1. The number of rotatable bonds is 7. The third kappa shape index (κ3) is 4.53. The molecule has 3 aromatic rings. The molecule has 12 nitrogen and oxygen atoms in total.